The van der Waals surface area contributed by atoms with Crippen LogP contribution in [-0.2, 0) is 12.0 Å². The molecule has 0 fully saturated rings. The molecule has 0 radical (unpaired) electrons. The van der Waals surface area contributed by atoms with Gasteiger partial charge < -0.3 is 4.98 Å². The number of nitrogens with one attached hydrogen (secondary N) is 1. The molecule has 6 nitrogen and oxygen atoms in total. The largest absolute Gasteiger partial charge is 0.346 e. The molecule has 0 saturated carbocycles. The highest BCUT2D eigenvalue weighted by Crippen LogP contribution is 2.26. The van der Waals surface area contributed by atoms with Crippen LogP contribution >= 0.6 is 0 Å². The lowest BCUT2D eigenvalue weighted by Gasteiger charge is -2.19. The van der Waals surface area contributed by atoms with E-state index in [2.05, 4.69) is 70.3 Å². The van der Waals surface area contributed by atoms with Gasteiger partial charge in [-0.1, -0.05) is 50.3 Å². The van der Waals surface area contributed by atoms with Crippen LogP contribution in [0.25, 0.3) is 22.4 Å². The second-order valence-corrected chi connectivity index (χ2v) is 7.59. The second kappa shape index (κ2) is 6.05. The van der Waals surface area contributed by atoms with Gasteiger partial charge in [-0.2, -0.15) is 0 Å². The predicted molar refractivity (Wildman–Crippen MR) is 102 cm³/mol. The van der Waals surface area contributed by atoms with Crippen molar-refractivity contribution in [2.45, 2.75) is 39.7 Å². The maximum Gasteiger partial charge on any atom is 0.141 e. The third-order valence-corrected chi connectivity index (χ3v) is 4.71. The number of hydrogen-bond acceptors (Lipinski definition) is 4. The van der Waals surface area contributed by atoms with Crippen LogP contribution in [0, 0.1) is 6.92 Å². The van der Waals surface area contributed by atoms with Crippen LogP contribution < -0.4 is 0 Å². The summed E-state index contributed by atoms with van der Waals surface area (Å²) in [6.07, 6.45) is 3.41. The highest BCUT2D eigenvalue weighted by Gasteiger charge is 2.17. The van der Waals surface area contributed by atoms with E-state index in [0.29, 0.717) is 6.54 Å². The fourth-order valence-electron chi connectivity index (χ4n) is 3.07. The molecule has 1 N–H and O–H groups in total. The third-order valence-electron chi connectivity index (χ3n) is 4.71. The lowest BCUT2D eigenvalue weighted by atomic mass is 9.87. The smallest absolute Gasteiger partial charge is 0.141 e. The van der Waals surface area contributed by atoms with Crippen LogP contribution in [0.4, 0.5) is 0 Å². The Hall–Kier alpha value is -3.02. The van der Waals surface area contributed by atoms with E-state index in [4.69, 9.17) is 0 Å². The first-order valence-electron chi connectivity index (χ1n) is 8.71. The van der Waals surface area contributed by atoms with Crippen LogP contribution in [-0.4, -0.2) is 29.9 Å². The zero-order valence-corrected chi connectivity index (χ0v) is 15.5. The van der Waals surface area contributed by atoms with Crippen molar-refractivity contribution in [3.05, 3.63) is 59.7 Å². The van der Waals surface area contributed by atoms with Crippen molar-refractivity contribution in [3.8, 4) is 11.4 Å². The van der Waals surface area contributed by atoms with Crippen molar-refractivity contribution < 1.29 is 0 Å². The first kappa shape index (κ1) is 16.4. The molecule has 4 rings (SSSR count). The molecule has 0 aliphatic heterocycles. The number of hydrogen-bond donors (Lipinski definition) is 1. The summed E-state index contributed by atoms with van der Waals surface area (Å²) in [6.45, 7) is 9.38. The molecule has 26 heavy (non-hydrogen) atoms. The van der Waals surface area contributed by atoms with Gasteiger partial charge in [0.2, 0.25) is 0 Å². The van der Waals surface area contributed by atoms with Crippen molar-refractivity contribution >= 4 is 11.0 Å². The molecule has 3 heterocycles. The Morgan fingerprint density at radius 3 is 2.50 bits per heavy atom. The Balaban J connectivity index is 1.65. The molecule has 0 atom stereocenters. The number of rotatable bonds is 3. The van der Waals surface area contributed by atoms with Crippen LogP contribution in [0.3, 0.4) is 0 Å². The number of benzene rings is 1. The van der Waals surface area contributed by atoms with Gasteiger partial charge >= 0.3 is 0 Å². The molecule has 132 valence electrons. The third kappa shape index (κ3) is 2.87. The minimum atomic E-state index is 0.157. The van der Waals surface area contributed by atoms with Gasteiger partial charge in [-0.15, -0.1) is 5.10 Å². The Labute approximate surface area is 152 Å². The zero-order chi connectivity index (χ0) is 18.3. The van der Waals surface area contributed by atoms with Gasteiger partial charge in [0, 0.05) is 11.6 Å². The summed E-state index contributed by atoms with van der Waals surface area (Å²) >= 11 is 0. The van der Waals surface area contributed by atoms with Crippen molar-refractivity contribution in [1.82, 2.24) is 29.9 Å². The monoisotopic (exact) mass is 346 g/mol. The molecule has 4 aromatic rings. The quantitative estimate of drug-likeness (QED) is 0.611. The minimum absolute atomic E-state index is 0.157. The molecule has 0 bridgehead atoms. The van der Waals surface area contributed by atoms with Gasteiger partial charge in [-0.05, 0) is 29.5 Å². The maximum absolute atomic E-state index is 4.42. The molecule has 0 amide bonds. The molecule has 0 saturated heterocycles. The molecule has 0 unspecified atom stereocenters. The standard InChI is InChI=1S/C20H22N6/c1-13-17(18-16-9-10-21-19(16)23-12-22-18)24-25-26(13)11-14-5-7-15(8-6-14)20(2,3)4/h5-10,12H,11H2,1-4H3,(H,21,22,23). The number of nitrogens with zero attached hydrogens (tertiary/aromatic N) is 5. The summed E-state index contributed by atoms with van der Waals surface area (Å²) < 4.78 is 1.92. The average Bonchev–Trinajstić information content (AvgIpc) is 3.22. The summed E-state index contributed by atoms with van der Waals surface area (Å²) in [5, 5.41) is 9.68. The Bertz CT molecular complexity index is 1050. The normalized spacial score (nSPS) is 12.0. The SMILES string of the molecule is Cc1c(-c2ncnc3[nH]ccc23)nnn1Cc1ccc(C(C)(C)C)cc1. The van der Waals surface area contributed by atoms with Crippen LogP contribution in [0.1, 0.15) is 37.6 Å². The van der Waals surface area contributed by atoms with Crippen LogP contribution in [0.5, 0.6) is 0 Å². The molecule has 1 aromatic carbocycles. The van der Waals surface area contributed by atoms with Gasteiger partial charge in [0.05, 0.1) is 12.2 Å². The van der Waals surface area contributed by atoms with Crippen molar-refractivity contribution in [2.24, 2.45) is 0 Å². The molecule has 6 heteroatoms. The number of H-pyrrole nitrogens is 1. The molecular weight excluding hydrogens is 324 g/mol. The van der Waals surface area contributed by atoms with E-state index in [1.165, 1.54) is 11.1 Å². The van der Waals surface area contributed by atoms with E-state index in [9.17, 15) is 0 Å². The van der Waals surface area contributed by atoms with Gasteiger partial charge in [0.1, 0.15) is 23.4 Å². The highest BCUT2D eigenvalue weighted by molar-refractivity contribution is 5.89. The number of aromatic amines is 1. The fraction of sp³-hybridized carbons (Fsp3) is 0.300. The van der Waals surface area contributed by atoms with Gasteiger partial charge in [-0.3, -0.25) is 0 Å². The summed E-state index contributed by atoms with van der Waals surface area (Å²) in [5.41, 5.74) is 6.09. The highest BCUT2D eigenvalue weighted by atomic mass is 15.4. The topological polar surface area (TPSA) is 72.3 Å². The van der Waals surface area contributed by atoms with Gasteiger partial charge in [-0.25, -0.2) is 14.6 Å². The van der Waals surface area contributed by atoms with Crippen molar-refractivity contribution in [3.63, 3.8) is 0 Å². The van der Waals surface area contributed by atoms with E-state index in [1.54, 1.807) is 6.33 Å². The van der Waals surface area contributed by atoms with Crippen molar-refractivity contribution in [1.29, 1.82) is 0 Å². The van der Waals surface area contributed by atoms with Gasteiger partial charge in [0.25, 0.3) is 0 Å². The van der Waals surface area contributed by atoms with E-state index >= 15 is 0 Å². The van der Waals surface area contributed by atoms with Crippen LogP contribution in [0.15, 0.2) is 42.9 Å². The van der Waals surface area contributed by atoms with E-state index < -0.39 is 0 Å². The second-order valence-electron chi connectivity index (χ2n) is 7.59. The number of fused-ring (bicyclic) bond motifs is 1. The van der Waals surface area contributed by atoms with E-state index in [1.807, 2.05) is 23.9 Å². The Kier molecular flexibility index (Phi) is 3.83. The van der Waals surface area contributed by atoms with Gasteiger partial charge in [0.15, 0.2) is 0 Å². The maximum atomic E-state index is 4.42. The zero-order valence-electron chi connectivity index (χ0n) is 15.5. The molecule has 0 aliphatic rings. The molecule has 3 aromatic heterocycles. The lowest BCUT2D eigenvalue weighted by Crippen LogP contribution is -2.11. The summed E-state index contributed by atoms with van der Waals surface area (Å²) in [7, 11) is 0. The predicted octanol–water partition coefficient (Wildman–Crippen LogP) is 3.87. The molecule has 0 spiro atoms. The van der Waals surface area contributed by atoms with Crippen LogP contribution in [0.2, 0.25) is 0 Å². The molecule has 0 aliphatic carbocycles. The van der Waals surface area contributed by atoms with Crippen molar-refractivity contribution in [2.75, 3.05) is 0 Å². The summed E-state index contributed by atoms with van der Waals surface area (Å²) in [6, 6.07) is 10.7. The first-order chi connectivity index (χ1) is 12.4. The Morgan fingerprint density at radius 2 is 1.77 bits per heavy atom. The number of aromatic nitrogens is 6. The summed E-state index contributed by atoms with van der Waals surface area (Å²) in [5.74, 6) is 0. The average molecular weight is 346 g/mol. The first-order valence-corrected chi connectivity index (χ1v) is 8.71. The minimum Gasteiger partial charge on any atom is -0.346 e. The fourth-order valence-corrected chi connectivity index (χ4v) is 3.07. The Morgan fingerprint density at radius 1 is 1.00 bits per heavy atom. The molecular formula is C20H22N6. The van der Waals surface area contributed by atoms with E-state index in [-0.39, 0.29) is 5.41 Å². The lowest BCUT2D eigenvalue weighted by molar-refractivity contribution is 0.588. The summed E-state index contributed by atoms with van der Waals surface area (Å²) in [4.78, 5) is 11.8. The van der Waals surface area contributed by atoms with E-state index in [0.717, 1.165) is 28.1 Å².